The number of ether oxygens (including phenoxy) is 1. The van der Waals surface area contributed by atoms with Crippen molar-refractivity contribution in [2.75, 3.05) is 6.61 Å². The van der Waals surface area contributed by atoms with E-state index in [0.717, 1.165) is 5.52 Å². The second-order valence-corrected chi connectivity index (χ2v) is 6.95. The van der Waals surface area contributed by atoms with Crippen LogP contribution in [0.4, 0.5) is 0 Å². The first-order valence-corrected chi connectivity index (χ1v) is 9.37. The molecule has 9 nitrogen and oxygen atoms in total. The highest BCUT2D eigenvalue weighted by Crippen LogP contribution is 2.24. The number of phenolic OH excluding ortho intramolecular Hbond substituents is 1. The van der Waals surface area contributed by atoms with Crippen molar-refractivity contribution in [1.29, 1.82) is 0 Å². The summed E-state index contributed by atoms with van der Waals surface area (Å²) in [5, 5.41) is 23.0. The van der Waals surface area contributed by atoms with Gasteiger partial charge in [0.2, 0.25) is 0 Å². The van der Waals surface area contributed by atoms with Crippen molar-refractivity contribution >= 4 is 33.7 Å². The third kappa shape index (κ3) is 4.50. The normalized spacial score (nSPS) is 12.0. The number of fused-ring (bicyclic) bond motifs is 2. The highest BCUT2D eigenvalue weighted by molar-refractivity contribution is 5.88. The van der Waals surface area contributed by atoms with E-state index in [1.54, 1.807) is 30.5 Å². The number of phenols is 1. The molecule has 9 heteroatoms. The van der Waals surface area contributed by atoms with Crippen LogP contribution < -0.4 is 15.7 Å². The van der Waals surface area contributed by atoms with Crippen LogP contribution in [-0.2, 0) is 16.0 Å². The molecule has 2 heterocycles. The molecule has 1 amide bonds. The molecule has 0 saturated heterocycles. The van der Waals surface area contributed by atoms with Gasteiger partial charge in [0.1, 0.15) is 23.1 Å². The zero-order chi connectivity index (χ0) is 22.0. The number of carbonyl (C=O) groups excluding carboxylic acids is 1. The van der Waals surface area contributed by atoms with Gasteiger partial charge in [-0.05, 0) is 42.0 Å². The zero-order valence-corrected chi connectivity index (χ0v) is 16.1. The number of rotatable bonds is 7. The largest absolute Gasteiger partial charge is 0.508 e. The van der Waals surface area contributed by atoms with Crippen molar-refractivity contribution in [1.82, 2.24) is 10.3 Å². The lowest BCUT2D eigenvalue weighted by Crippen LogP contribution is -2.44. The van der Waals surface area contributed by atoms with E-state index >= 15 is 0 Å². The van der Waals surface area contributed by atoms with Crippen LogP contribution in [0, 0.1) is 0 Å². The molecule has 2 aromatic carbocycles. The lowest BCUT2D eigenvalue weighted by Gasteiger charge is -2.15. The predicted octanol–water partition coefficient (Wildman–Crippen LogP) is 2.17. The fraction of sp³-hybridized carbons (Fsp3) is 0.136. The quantitative estimate of drug-likeness (QED) is 0.334. The lowest BCUT2D eigenvalue weighted by atomic mass is 10.0. The Balaban J connectivity index is 1.42. The summed E-state index contributed by atoms with van der Waals surface area (Å²) in [4.78, 5) is 38.3. The summed E-state index contributed by atoms with van der Waals surface area (Å²) in [6, 6.07) is 11.2. The van der Waals surface area contributed by atoms with E-state index < -0.39 is 30.2 Å². The van der Waals surface area contributed by atoms with Crippen LogP contribution in [-0.4, -0.2) is 39.7 Å². The van der Waals surface area contributed by atoms with Gasteiger partial charge in [0, 0.05) is 41.0 Å². The number of carboxylic acids is 1. The molecule has 4 aromatic rings. The summed E-state index contributed by atoms with van der Waals surface area (Å²) in [5.41, 5.74) is 1.20. The number of aromatic amines is 1. The summed E-state index contributed by atoms with van der Waals surface area (Å²) in [5.74, 6) is -1.46. The number of aromatic hydroxyl groups is 1. The minimum atomic E-state index is -1.20. The Labute approximate surface area is 174 Å². The van der Waals surface area contributed by atoms with Crippen molar-refractivity contribution in [2.45, 2.75) is 12.5 Å². The molecule has 0 radical (unpaired) electrons. The molecule has 0 aliphatic heterocycles. The maximum Gasteiger partial charge on any atom is 0.336 e. The Kier molecular flexibility index (Phi) is 5.31. The van der Waals surface area contributed by atoms with Crippen LogP contribution >= 0.6 is 0 Å². The Morgan fingerprint density at radius 3 is 2.74 bits per heavy atom. The number of benzene rings is 2. The van der Waals surface area contributed by atoms with E-state index in [1.807, 2.05) is 0 Å². The molecule has 1 unspecified atom stereocenters. The number of carboxylic acid groups (broad SMARTS) is 1. The monoisotopic (exact) mass is 422 g/mol. The van der Waals surface area contributed by atoms with E-state index in [1.165, 1.54) is 24.3 Å². The highest BCUT2D eigenvalue weighted by Gasteiger charge is 2.22. The average molecular weight is 422 g/mol. The maximum atomic E-state index is 12.3. The first kappa shape index (κ1) is 20.0. The molecule has 158 valence electrons. The molecule has 0 bridgehead atoms. The van der Waals surface area contributed by atoms with Crippen LogP contribution in [0.2, 0.25) is 0 Å². The van der Waals surface area contributed by atoms with Crippen molar-refractivity contribution in [3.05, 3.63) is 70.7 Å². The van der Waals surface area contributed by atoms with Gasteiger partial charge in [-0.2, -0.15) is 0 Å². The van der Waals surface area contributed by atoms with Gasteiger partial charge in [0.05, 0.1) is 0 Å². The Hall–Kier alpha value is -4.27. The van der Waals surface area contributed by atoms with Gasteiger partial charge in [-0.25, -0.2) is 9.59 Å². The van der Waals surface area contributed by atoms with Gasteiger partial charge in [-0.1, -0.05) is 0 Å². The summed E-state index contributed by atoms with van der Waals surface area (Å²) in [7, 11) is 0. The number of aliphatic carboxylic acids is 1. The Morgan fingerprint density at radius 1 is 1.13 bits per heavy atom. The van der Waals surface area contributed by atoms with Crippen molar-refractivity contribution in [2.24, 2.45) is 0 Å². The fourth-order valence-corrected chi connectivity index (χ4v) is 3.27. The van der Waals surface area contributed by atoms with Crippen LogP contribution in [0.15, 0.2) is 63.9 Å². The molecule has 0 fully saturated rings. The number of carbonyl (C=O) groups is 2. The average Bonchev–Trinajstić information content (AvgIpc) is 3.13. The van der Waals surface area contributed by atoms with Gasteiger partial charge in [-0.15, -0.1) is 0 Å². The Morgan fingerprint density at radius 2 is 1.94 bits per heavy atom. The number of aromatic nitrogens is 1. The number of nitrogens with one attached hydrogen (secondary N) is 2. The van der Waals surface area contributed by atoms with E-state index in [2.05, 4.69) is 10.3 Å². The van der Waals surface area contributed by atoms with Crippen LogP contribution in [0.25, 0.3) is 21.9 Å². The molecule has 31 heavy (non-hydrogen) atoms. The number of amides is 1. The minimum absolute atomic E-state index is 0.0195. The zero-order valence-electron chi connectivity index (χ0n) is 16.1. The standard InChI is InChI=1S/C22H18N2O7/c25-14-3-5-17-16(8-14)13(10-23-17)7-18(22(28)29)24-20(26)11-30-15-4-1-12-2-6-21(27)31-19(12)9-15/h1-6,8-10,18,23,25H,7,11H2,(H,24,26)(H,28,29). The summed E-state index contributed by atoms with van der Waals surface area (Å²) in [6.07, 6.45) is 1.66. The third-order valence-electron chi connectivity index (χ3n) is 4.77. The van der Waals surface area contributed by atoms with E-state index in [-0.39, 0.29) is 12.2 Å². The summed E-state index contributed by atoms with van der Waals surface area (Å²) in [6.45, 7) is -0.416. The van der Waals surface area contributed by atoms with E-state index in [9.17, 15) is 24.6 Å². The van der Waals surface area contributed by atoms with Crippen molar-refractivity contribution < 1.29 is 29.0 Å². The topological polar surface area (TPSA) is 142 Å². The molecule has 0 spiro atoms. The molecule has 4 N–H and O–H groups in total. The number of hydrogen-bond acceptors (Lipinski definition) is 6. The first-order chi connectivity index (χ1) is 14.9. The molecule has 0 aliphatic rings. The van der Waals surface area contributed by atoms with Gasteiger partial charge in [0.25, 0.3) is 5.91 Å². The third-order valence-corrected chi connectivity index (χ3v) is 4.77. The van der Waals surface area contributed by atoms with Crippen LogP contribution in [0.3, 0.4) is 0 Å². The molecule has 1 atom stereocenters. The lowest BCUT2D eigenvalue weighted by molar-refractivity contribution is -0.142. The van der Waals surface area contributed by atoms with Gasteiger partial charge < -0.3 is 29.7 Å². The highest BCUT2D eigenvalue weighted by atomic mass is 16.5. The fourth-order valence-electron chi connectivity index (χ4n) is 3.27. The SMILES string of the molecule is O=C(COc1ccc2ccc(=O)oc2c1)NC(Cc1c[nH]c2ccc(O)cc12)C(=O)O. The number of H-pyrrole nitrogens is 1. The van der Waals surface area contributed by atoms with Crippen LogP contribution in [0.1, 0.15) is 5.56 Å². The molecule has 4 rings (SSSR count). The van der Waals surface area contributed by atoms with Gasteiger partial charge in [-0.3, -0.25) is 4.79 Å². The molecule has 0 aliphatic carbocycles. The first-order valence-electron chi connectivity index (χ1n) is 9.37. The Bertz CT molecular complexity index is 1340. The maximum absolute atomic E-state index is 12.3. The van der Waals surface area contributed by atoms with Gasteiger partial charge in [0.15, 0.2) is 6.61 Å². The second kappa shape index (κ2) is 8.23. The molecule has 2 aromatic heterocycles. The minimum Gasteiger partial charge on any atom is -0.508 e. The smallest absolute Gasteiger partial charge is 0.336 e. The van der Waals surface area contributed by atoms with E-state index in [4.69, 9.17) is 9.15 Å². The summed E-state index contributed by atoms with van der Waals surface area (Å²) < 4.78 is 10.5. The van der Waals surface area contributed by atoms with Gasteiger partial charge >= 0.3 is 11.6 Å². The molecule has 0 saturated carbocycles. The van der Waals surface area contributed by atoms with Crippen molar-refractivity contribution in [3.63, 3.8) is 0 Å². The van der Waals surface area contributed by atoms with E-state index in [0.29, 0.717) is 27.7 Å². The predicted molar refractivity (Wildman–Crippen MR) is 111 cm³/mol. The summed E-state index contributed by atoms with van der Waals surface area (Å²) >= 11 is 0. The van der Waals surface area contributed by atoms with Crippen LogP contribution in [0.5, 0.6) is 11.5 Å². The number of hydrogen-bond donors (Lipinski definition) is 4. The molecular weight excluding hydrogens is 404 g/mol. The second-order valence-electron chi connectivity index (χ2n) is 6.95. The molecular formula is C22H18N2O7. The van der Waals surface area contributed by atoms with Crippen molar-refractivity contribution in [3.8, 4) is 11.5 Å².